The Morgan fingerprint density at radius 2 is 1.57 bits per heavy atom. The fraction of sp³-hybridized carbons (Fsp3) is 0.174. The van der Waals surface area contributed by atoms with Crippen LogP contribution in [0.5, 0.6) is 0 Å². The molecule has 5 heteroatoms. The molecule has 0 fully saturated rings. The Labute approximate surface area is 159 Å². The van der Waals surface area contributed by atoms with Gasteiger partial charge in [-0.2, -0.15) is 13.2 Å². The van der Waals surface area contributed by atoms with Crippen LogP contribution in [-0.2, 0) is 6.42 Å². The van der Waals surface area contributed by atoms with Gasteiger partial charge in [-0.15, -0.1) is 0 Å². The maximum atomic E-state index is 15.1. The summed E-state index contributed by atoms with van der Waals surface area (Å²) in [4.78, 5) is 4.40. The van der Waals surface area contributed by atoms with Crippen LogP contribution in [0.2, 0.25) is 0 Å². The lowest BCUT2D eigenvalue weighted by Crippen LogP contribution is -2.11. The van der Waals surface area contributed by atoms with Gasteiger partial charge in [0.2, 0.25) is 0 Å². The van der Waals surface area contributed by atoms with Crippen molar-refractivity contribution in [3.63, 3.8) is 0 Å². The van der Waals surface area contributed by atoms with Crippen molar-refractivity contribution in [2.24, 2.45) is 0 Å². The van der Waals surface area contributed by atoms with Crippen molar-refractivity contribution in [2.45, 2.75) is 26.4 Å². The molecule has 0 aliphatic rings. The van der Waals surface area contributed by atoms with Crippen molar-refractivity contribution in [3.05, 3.63) is 77.2 Å². The van der Waals surface area contributed by atoms with Crippen molar-refractivity contribution in [1.29, 1.82) is 0 Å². The van der Waals surface area contributed by atoms with Crippen LogP contribution in [0.3, 0.4) is 0 Å². The number of alkyl halides is 3. The summed E-state index contributed by atoms with van der Waals surface area (Å²) in [5.41, 5.74) is 3.55. The summed E-state index contributed by atoms with van der Waals surface area (Å²) in [5.74, 6) is -0.492. The average molecular weight is 383 g/mol. The van der Waals surface area contributed by atoms with Crippen molar-refractivity contribution < 1.29 is 17.6 Å². The summed E-state index contributed by atoms with van der Waals surface area (Å²) in [6.07, 6.45) is -3.73. The second kappa shape index (κ2) is 6.59. The Morgan fingerprint density at radius 1 is 0.857 bits per heavy atom. The maximum Gasteiger partial charge on any atom is 0.393 e. The maximum absolute atomic E-state index is 15.1. The molecule has 1 heterocycles. The Morgan fingerprint density at radius 3 is 2.25 bits per heavy atom. The Hall–Kier alpha value is -2.95. The first kappa shape index (κ1) is 18.4. The minimum absolute atomic E-state index is 0.113. The number of hydrogen-bond donors (Lipinski definition) is 0. The molecule has 0 saturated carbocycles. The van der Waals surface area contributed by atoms with Crippen molar-refractivity contribution >= 4 is 21.5 Å². The lowest BCUT2D eigenvalue weighted by atomic mass is 9.95. The highest BCUT2D eigenvalue weighted by atomic mass is 19.4. The normalized spacial score (nSPS) is 12.1. The highest BCUT2D eigenvalue weighted by Gasteiger charge is 2.27. The molecule has 142 valence electrons. The SMILES string of the molecule is Cc1cc(C)cc(-c2nccc3c2c(F)cc2cc(CC(F)(F)F)ccc23)c1. The molecule has 0 N–H and O–H groups in total. The van der Waals surface area contributed by atoms with Gasteiger partial charge < -0.3 is 0 Å². The van der Waals surface area contributed by atoms with Crippen molar-refractivity contribution in [2.75, 3.05) is 0 Å². The van der Waals surface area contributed by atoms with Crippen molar-refractivity contribution in [1.82, 2.24) is 4.98 Å². The third-order valence-electron chi connectivity index (χ3n) is 4.78. The van der Waals surface area contributed by atoms with Gasteiger partial charge in [0.15, 0.2) is 0 Å². The standard InChI is InChI=1S/C23H17F4N/c1-13-7-14(2)9-17(8-13)22-21-19(5-6-28-22)18-4-3-15(12-23(25,26)27)10-16(18)11-20(21)24/h3-11H,12H2,1-2H3. The van der Waals surface area contributed by atoms with Crippen LogP contribution in [0.1, 0.15) is 16.7 Å². The first-order valence-corrected chi connectivity index (χ1v) is 8.86. The van der Waals surface area contributed by atoms with Crippen LogP contribution in [0, 0.1) is 19.7 Å². The molecule has 1 aromatic heterocycles. The fourth-order valence-electron chi connectivity index (χ4n) is 3.79. The zero-order valence-electron chi connectivity index (χ0n) is 15.4. The molecule has 0 aliphatic carbocycles. The molecule has 4 aromatic rings. The molecule has 0 bridgehead atoms. The lowest BCUT2D eigenvalue weighted by Gasteiger charge is -2.13. The zero-order valence-corrected chi connectivity index (χ0v) is 15.4. The first-order valence-electron chi connectivity index (χ1n) is 8.86. The van der Waals surface area contributed by atoms with E-state index in [9.17, 15) is 13.2 Å². The summed E-state index contributed by atoms with van der Waals surface area (Å²) in [7, 11) is 0. The van der Waals surface area contributed by atoms with E-state index >= 15 is 4.39 Å². The molecule has 0 unspecified atom stereocenters. The molecule has 0 saturated heterocycles. The van der Waals surface area contributed by atoms with Gasteiger partial charge in [0.25, 0.3) is 0 Å². The second-order valence-corrected chi connectivity index (χ2v) is 7.16. The van der Waals surface area contributed by atoms with E-state index in [1.165, 1.54) is 18.2 Å². The van der Waals surface area contributed by atoms with E-state index in [0.717, 1.165) is 16.7 Å². The second-order valence-electron chi connectivity index (χ2n) is 7.16. The third-order valence-corrected chi connectivity index (χ3v) is 4.78. The molecule has 0 radical (unpaired) electrons. The molecular formula is C23H17F4N. The van der Waals surface area contributed by atoms with Gasteiger partial charge in [0.05, 0.1) is 12.1 Å². The van der Waals surface area contributed by atoms with Crippen LogP contribution in [0.25, 0.3) is 32.8 Å². The predicted molar refractivity (Wildman–Crippen MR) is 104 cm³/mol. The number of fused-ring (bicyclic) bond motifs is 3. The monoisotopic (exact) mass is 383 g/mol. The number of hydrogen-bond acceptors (Lipinski definition) is 1. The number of rotatable bonds is 2. The minimum atomic E-state index is -4.30. The molecule has 0 amide bonds. The quantitative estimate of drug-likeness (QED) is 0.271. The van der Waals surface area contributed by atoms with E-state index in [-0.39, 0.29) is 5.56 Å². The van der Waals surface area contributed by atoms with E-state index < -0.39 is 18.4 Å². The number of aryl methyl sites for hydroxylation is 2. The highest BCUT2D eigenvalue weighted by molar-refractivity contribution is 6.11. The van der Waals surface area contributed by atoms with Crippen LogP contribution < -0.4 is 0 Å². The number of nitrogens with zero attached hydrogens (tertiary/aromatic N) is 1. The number of pyridine rings is 1. The topological polar surface area (TPSA) is 12.9 Å². The molecule has 4 rings (SSSR count). The Bertz CT molecular complexity index is 1190. The zero-order chi connectivity index (χ0) is 20.1. The van der Waals surface area contributed by atoms with E-state index in [1.807, 2.05) is 32.0 Å². The molecule has 28 heavy (non-hydrogen) atoms. The van der Waals surface area contributed by atoms with E-state index in [4.69, 9.17) is 0 Å². The van der Waals surface area contributed by atoms with E-state index in [2.05, 4.69) is 4.98 Å². The summed E-state index contributed by atoms with van der Waals surface area (Å²) >= 11 is 0. The minimum Gasteiger partial charge on any atom is -0.255 e. The first-order chi connectivity index (χ1) is 13.2. The van der Waals surface area contributed by atoms with E-state index in [1.54, 1.807) is 18.3 Å². The average Bonchev–Trinajstić information content (AvgIpc) is 2.59. The van der Waals surface area contributed by atoms with Gasteiger partial charge >= 0.3 is 6.18 Å². The number of benzene rings is 3. The third kappa shape index (κ3) is 3.44. The van der Waals surface area contributed by atoms with Gasteiger partial charge in [-0.25, -0.2) is 4.39 Å². The lowest BCUT2D eigenvalue weighted by molar-refractivity contribution is -0.127. The van der Waals surface area contributed by atoms with Gasteiger partial charge in [-0.1, -0.05) is 35.4 Å². The van der Waals surface area contributed by atoms with Gasteiger partial charge in [-0.05, 0) is 59.8 Å². The highest BCUT2D eigenvalue weighted by Crippen LogP contribution is 2.35. The summed E-state index contributed by atoms with van der Waals surface area (Å²) in [6.45, 7) is 3.94. The summed E-state index contributed by atoms with van der Waals surface area (Å²) < 4.78 is 53.2. The molecule has 0 atom stereocenters. The number of aromatic nitrogens is 1. The molecule has 0 aliphatic heterocycles. The predicted octanol–water partition coefficient (Wildman–Crippen LogP) is 6.92. The molecule has 1 nitrogen and oxygen atoms in total. The summed E-state index contributed by atoms with van der Waals surface area (Å²) in [6, 6.07) is 13.4. The van der Waals surface area contributed by atoms with Crippen molar-refractivity contribution in [3.8, 4) is 11.3 Å². The van der Waals surface area contributed by atoms with Crippen LogP contribution in [0.15, 0.2) is 54.7 Å². The molecule has 3 aromatic carbocycles. The summed E-state index contributed by atoms with van der Waals surface area (Å²) in [5, 5.41) is 2.17. The van der Waals surface area contributed by atoms with Crippen LogP contribution in [0.4, 0.5) is 17.6 Å². The van der Waals surface area contributed by atoms with Gasteiger partial charge in [-0.3, -0.25) is 4.98 Å². The number of halogens is 4. The molecule has 0 spiro atoms. The molecular weight excluding hydrogens is 366 g/mol. The van der Waals surface area contributed by atoms with Gasteiger partial charge in [0, 0.05) is 17.1 Å². The Kier molecular flexibility index (Phi) is 4.33. The fourth-order valence-corrected chi connectivity index (χ4v) is 3.79. The smallest absolute Gasteiger partial charge is 0.255 e. The van der Waals surface area contributed by atoms with Crippen LogP contribution in [-0.4, -0.2) is 11.2 Å². The van der Waals surface area contributed by atoms with E-state index in [0.29, 0.717) is 27.2 Å². The largest absolute Gasteiger partial charge is 0.393 e. The van der Waals surface area contributed by atoms with Gasteiger partial charge in [0.1, 0.15) is 5.82 Å². The Balaban J connectivity index is 1.97. The van der Waals surface area contributed by atoms with Crippen LogP contribution >= 0.6 is 0 Å².